The third kappa shape index (κ3) is 3.99. The Bertz CT molecular complexity index is 799. The minimum Gasteiger partial charge on any atom is -0.496 e. The van der Waals surface area contributed by atoms with Crippen LogP contribution >= 0.6 is 11.3 Å². The Labute approximate surface area is 143 Å². The van der Waals surface area contributed by atoms with Gasteiger partial charge >= 0.3 is 5.97 Å². The largest absolute Gasteiger partial charge is 0.496 e. The Balaban J connectivity index is 1.49. The van der Waals surface area contributed by atoms with Gasteiger partial charge in [0.05, 0.1) is 13.5 Å². The predicted octanol–water partition coefficient (Wildman–Crippen LogP) is 3.48. The number of nitrogens with zero attached hydrogens (tertiary/aromatic N) is 2. The SMILES string of the molecule is COc1ccccc1COC(=O)CCc1nnc(-c2ccsc2)o1. The maximum absolute atomic E-state index is 11.9. The van der Waals surface area contributed by atoms with Crippen LogP contribution in [0.4, 0.5) is 0 Å². The number of hydrogen-bond donors (Lipinski definition) is 0. The molecule has 0 atom stereocenters. The van der Waals surface area contributed by atoms with E-state index in [-0.39, 0.29) is 19.0 Å². The average molecular weight is 344 g/mol. The summed E-state index contributed by atoms with van der Waals surface area (Å²) in [6.07, 6.45) is 0.530. The second kappa shape index (κ2) is 7.74. The number of rotatable bonds is 7. The van der Waals surface area contributed by atoms with Gasteiger partial charge in [-0.15, -0.1) is 10.2 Å². The van der Waals surface area contributed by atoms with Crippen molar-refractivity contribution < 1.29 is 18.7 Å². The van der Waals surface area contributed by atoms with Gasteiger partial charge in [0.15, 0.2) is 0 Å². The molecular weight excluding hydrogens is 328 g/mol. The van der Waals surface area contributed by atoms with Gasteiger partial charge in [0.1, 0.15) is 12.4 Å². The quantitative estimate of drug-likeness (QED) is 0.611. The third-order valence-electron chi connectivity index (χ3n) is 3.36. The van der Waals surface area contributed by atoms with Crippen LogP contribution in [0.2, 0.25) is 0 Å². The van der Waals surface area contributed by atoms with E-state index < -0.39 is 0 Å². The van der Waals surface area contributed by atoms with Crippen LogP contribution in [0.1, 0.15) is 17.9 Å². The monoisotopic (exact) mass is 344 g/mol. The lowest BCUT2D eigenvalue weighted by Gasteiger charge is -2.08. The van der Waals surface area contributed by atoms with Crippen LogP contribution in [0.5, 0.6) is 5.75 Å². The Kier molecular flexibility index (Phi) is 5.22. The van der Waals surface area contributed by atoms with E-state index in [9.17, 15) is 4.79 Å². The zero-order valence-electron chi connectivity index (χ0n) is 13.1. The highest BCUT2D eigenvalue weighted by atomic mass is 32.1. The van der Waals surface area contributed by atoms with Gasteiger partial charge in [0.2, 0.25) is 11.8 Å². The van der Waals surface area contributed by atoms with E-state index in [0.717, 1.165) is 11.1 Å². The van der Waals surface area contributed by atoms with Crippen molar-refractivity contribution in [2.45, 2.75) is 19.4 Å². The van der Waals surface area contributed by atoms with Crippen molar-refractivity contribution in [3.8, 4) is 17.2 Å². The number of methoxy groups -OCH3 is 1. The van der Waals surface area contributed by atoms with Gasteiger partial charge in [0.25, 0.3) is 0 Å². The number of hydrogen-bond acceptors (Lipinski definition) is 7. The van der Waals surface area contributed by atoms with Gasteiger partial charge < -0.3 is 13.9 Å². The molecule has 0 fully saturated rings. The molecule has 2 aromatic heterocycles. The van der Waals surface area contributed by atoms with E-state index in [0.29, 0.717) is 24.0 Å². The summed E-state index contributed by atoms with van der Waals surface area (Å²) in [7, 11) is 1.58. The van der Waals surface area contributed by atoms with Crippen LogP contribution in [0.15, 0.2) is 45.5 Å². The van der Waals surface area contributed by atoms with E-state index in [2.05, 4.69) is 10.2 Å². The average Bonchev–Trinajstić information content (AvgIpc) is 3.29. The Morgan fingerprint density at radius 1 is 1.25 bits per heavy atom. The zero-order valence-corrected chi connectivity index (χ0v) is 13.9. The molecule has 0 amide bonds. The third-order valence-corrected chi connectivity index (χ3v) is 4.04. The molecule has 0 unspecified atom stereocenters. The van der Waals surface area contributed by atoms with Crippen LogP contribution < -0.4 is 4.74 Å². The number of carbonyl (C=O) groups excluding carboxylic acids is 1. The van der Waals surface area contributed by atoms with Crippen molar-refractivity contribution in [1.29, 1.82) is 0 Å². The molecule has 1 aromatic carbocycles. The summed E-state index contributed by atoms with van der Waals surface area (Å²) in [5.74, 6) is 1.26. The zero-order chi connectivity index (χ0) is 16.8. The summed E-state index contributed by atoms with van der Waals surface area (Å²) in [4.78, 5) is 11.9. The van der Waals surface area contributed by atoms with Crippen molar-refractivity contribution >= 4 is 17.3 Å². The molecule has 24 heavy (non-hydrogen) atoms. The summed E-state index contributed by atoms with van der Waals surface area (Å²) in [6.45, 7) is 0.173. The van der Waals surface area contributed by atoms with Gasteiger partial charge in [-0.1, -0.05) is 18.2 Å². The van der Waals surface area contributed by atoms with E-state index >= 15 is 0 Å². The number of para-hydroxylation sites is 1. The number of carbonyl (C=O) groups is 1. The smallest absolute Gasteiger partial charge is 0.306 e. The van der Waals surface area contributed by atoms with Crippen molar-refractivity contribution in [2.75, 3.05) is 7.11 Å². The molecular formula is C17H16N2O4S. The number of esters is 1. The van der Waals surface area contributed by atoms with Gasteiger partial charge in [0, 0.05) is 22.9 Å². The molecule has 3 rings (SSSR count). The van der Waals surface area contributed by atoms with Crippen molar-refractivity contribution in [1.82, 2.24) is 10.2 Å². The first kappa shape index (κ1) is 16.2. The molecule has 3 aromatic rings. The van der Waals surface area contributed by atoms with Crippen LogP contribution in [0.3, 0.4) is 0 Å². The lowest BCUT2D eigenvalue weighted by Crippen LogP contribution is -2.06. The van der Waals surface area contributed by atoms with Gasteiger partial charge in [-0.2, -0.15) is 11.3 Å². The van der Waals surface area contributed by atoms with Crippen LogP contribution in [0, 0.1) is 0 Å². The number of aromatic nitrogens is 2. The second-order valence-corrected chi connectivity index (χ2v) is 5.77. The summed E-state index contributed by atoms with van der Waals surface area (Å²) < 4.78 is 16.0. The molecule has 6 nitrogen and oxygen atoms in total. The number of thiophene rings is 1. The maximum atomic E-state index is 11.9. The van der Waals surface area contributed by atoms with Crippen LogP contribution in [-0.2, 0) is 22.6 Å². The molecule has 2 heterocycles. The Morgan fingerprint density at radius 3 is 2.92 bits per heavy atom. The number of benzene rings is 1. The fraction of sp³-hybridized carbons (Fsp3) is 0.235. The van der Waals surface area contributed by atoms with Crippen LogP contribution in [-0.4, -0.2) is 23.3 Å². The highest BCUT2D eigenvalue weighted by Gasteiger charge is 2.12. The normalized spacial score (nSPS) is 10.5. The van der Waals surface area contributed by atoms with Crippen molar-refractivity contribution in [3.63, 3.8) is 0 Å². The molecule has 0 N–H and O–H groups in total. The van der Waals surface area contributed by atoms with E-state index in [4.69, 9.17) is 13.9 Å². The van der Waals surface area contributed by atoms with Gasteiger partial charge in [-0.3, -0.25) is 4.79 Å². The molecule has 0 saturated heterocycles. The maximum Gasteiger partial charge on any atom is 0.306 e. The van der Waals surface area contributed by atoms with Crippen molar-refractivity contribution in [3.05, 3.63) is 52.5 Å². The molecule has 0 saturated carbocycles. The molecule has 7 heteroatoms. The first-order chi connectivity index (χ1) is 11.8. The molecule has 0 spiro atoms. The minimum absolute atomic E-state index is 0.173. The molecule has 0 aliphatic heterocycles. The standard InChI is InChI=1S/C17H16N2O4S/c1-21-14-5-3-2-4-12(14)10-22-16(20)7-6-15-18-19-17(23-15)13-8-9-24-11-13/h2-5,8-9,11H,6-7,10H2,1H3. The summed E-state index contributed by atoms with van der Waals surface area (Å²) in [6, 6.07) is 9.33. The lowest BCUT2D eigenvalue weighted by atomic mass is 10.2. The first-order valence-electron chi connectivity index (χ1n) is 7.38. The minimum atomic E-state index is -0.323. The van der Waals surface area contributed by atoms with Gasteiger partial charge in [-0.25, -0.2) is 0 Å². The second-order valence-electron chi connectivity index (χ2n) is 4.99. The highest BCUT2D eigenvalue weighted by molar-refractivity contribution is 7.08. The molecule has 0 radical (unpaired) electrons. The van der Waals surface area contributed by atoms with Gasteiger partial charge in [-0.05, 0) is 17.5 Å². The summed E-state index contributed by atoms with van der Waals surface area (Å²) in [5.41, 5.74) is 1.71. The van der Waals surface area contributed by atoms with E-state index in [1.807, 2.05) is 41.1 Å². The molecule has 0 aliphatic carbocycles. The van der Waals surface area contributed by atoms with Crippen molar-refractivity contribution in [2.24, 2.45) is 0 Å². The summed E-state index contributed by atoms with van der Waals surface area (Å²) >= 11 is 1.56. The molecule has 124 valence electrons. The fourth-order valence-corrected chi connectivity index (χ4v) is 2.75. The first-order valence-corrected chi connectivity index (χ1v) is 8.33. The van der Waals surface area contributed by atoms with E-state index in [1.54, 1.807) is 18.4 Å². The number of aryl methyl sites for hydroxylation is 1. The summed E-state index contributed by atoms with van der Waals surface area (Å²) in [5, 5.41) is 11.8. The highest BCUT2D eigenvalue weighted by Crippen LogP contribution is 2.21. The lowest BCUT2D eigenvalue weighted by molar-refractivity contribution is -0.145. The van der Waals surface area contributed by atoms with Crippen LogP contribution in [0.25, 0.3) is 11.5 Å². The predicted molar refractivity (Wildman–Crippen MR) is 88.7 cm³/mol. The number of ether oxygens (including phenoxy) is 2. The molecule has 0 aliphatic rings. The Morgan fingerprint density at radius 2 is 2.12 bits per heavy atom. The molecule has 0 bridgehead atoms. The Hall–Kier alpha value is -2.67. The fourth-order valence-electron chi connectivity index (χ4n) is 2.12. The van der Waals surface area contributed by atoms with E-state index in [1.165, 1.54) is 0 Å². The topological polar surface area (TPSA) is 74.5 Å².